The Hall–Kier alpha value is -1.50. The first-order valence-electron chi connectivity index (χ1n) is 11.9. The van der Waals surface area contributed by atoms with Gasteiger partial charge >= 0.3 is 5.69 Å². The highest BCUT2D eigenvalue weighted by atomic mass is 32.2. The van der Waals surface area contributed by atoms with E-state index in [4.69, 9.17) is 0 Å². The molecule has 0 spiro atoms. The van der Waals surface area contributed by atoms with Gasteiger partial charge in [0.05, 0.1) is 0 Å². The number of aromatic nitrogens is 4. The van der Waals surface area contributed by atoms with Gasteiger partial charge in [0.15, 0.2) is 16.3 Å². The fourth-order valence-electron chi connectivity index (χ4n) is 3.81. The Kier molecular flexibility index (Phi) is 11.3. The molecule has 1 N–H and O–H groups in total. The molecule has 2 aromatic heterocycles. The van der Waals surface area contributed by atoms with Crippen molar-refractivity contribution in [2.45, 2.75) is 109 Å². The van der Waals surface area contributed by atoms with Gasteiger partial charge in [-0.15, -0.1) is 0 Å². The highest BCUT2D eigenvalue weighted by Gasteiger charge is 2.17. The molecule has 2 rings (SSSR count). The van der Waals surface area contributed by atoms with Gasteiger partial charge in [-0.25, -0.2) is 9.78 Å². The van der Waals surface area contributed by atoms with Crippen LogP contribution in [0.1, 0.15) is 97.3 Å². The molecule has 0 aliphatic rings. The second kappa shape index (κ2) is 13.7. The van der Waals surface area contributed by atoms with Gasteiger partial charge in [0, 0.05) is 19.3 Å². The van der Waals surface area contributed by atoms with E-state index in [0.29, 0.717) is 11.2 Å². The molecule has 0 saturated carbocycles. The molecule has 0 aliphatic carbocycles. The Balaban J connectivity index is 2.02. The summed E-state index contributed by atoms with van der Waals surface area (Å²) in [5.74, 6) is 0.996. The molecule has 6 nitrogen and oxygen atoms in total. The third-order valence-corrected chi connectivity index (χ3v) is 6.75. The summed E-state index contributed by atoms with van der Waals surface area (Å²) in [4.78, 5) is 31.6. The van der Waals surface area contributed by atoms with Gasteiger partial charge in [-0.1, -0.05) is 96.2 Å². The molecule has 0 radical (unpaired) electrons. The van der Waals surface area contributed by atoms with Crippen LogP contribution in [0.25, 0.3) is 11.2 Å². The number of rotatable bonds is 16. The molecule has 0 saturated heterocycles. The van der Waals surface area contributed by atoms with Gasteiger partial charge in [0.2, 0.25) is 0 Å². The van der Waals surface area contributed by atoms with E-state index < -0.39 is 5.69 Å². The number of hydrogen-bond donors (Lipinski definition) is 1. The lowest BCUT2D eigenvalue weighted by Crippen LogP contribution is -2.29. The number of thioether (sulfide) groups is 1. The number of aromatic amines is 1. The van der Waals surface area contributed by atoms with Crippen molar-refractivity contribution in [3.05, 3.63) is 20.8 Å². The molecule has 2 heterocycles. The summed E-state index contributed by atoms with van der Waals surface area (Å²) in [5, 5.41) is 0.870. The van der Waals surface area contributed by atoms with Crippen LogP contribution in [0.2, 0.25) is 0 Å². The van der Waals surface area contributed by atoms with Gasteiger partial charge < -0.3 is 4.57 Å². The van der Waals surface area contributed by atoms with Crippen molar-refractivity contribution in [3.8, 4) is 0 Å². The Morgan fingerprint density at radius 3 is 2.03 bits per heavy atom. The number of nitrogens with zero attached hydrogens (tertiary/aromatic N) is 3. The minimum absolute atomic E-state index is 0.324. The Morgan fingerprint density at radius 1 is 0.833 bits per heavy atom. The van der Waals surface area contributed by atoms with Crippen LogP contribution in [0.4, 0.5) is 0 Å². The van der Waals surface area contributed by atoms with E-state index >= 15 is 0 Å². The lowest BCUT2D eigenvalue weighted by Gasteiger charge is -2.09. The molecular formula is C23H40N4O2S. The van der Waals surface area contributed by atoms with Gasteiger partial charge in [0.1, 0.15) is 0 Å². The first-order chi connectivity index (χ1) is 14.6. The van der Waals surface area contributed by atoms with Crippen molar-refractivity contribution in [1.82, 2.24) is 19.1 Å². The van der Waals surface area contributed by atoms with E-state index in [2.05, 4.69) is 23.8 Å². The van der Waals surface area contributed by atoms with Crippen LogP contribution in [0, 0.1) is 0 Å². The third kappa shape index (κ3) is 7.33. The predicted molar refractivity (Wildman–Crippen MR) is 128 cm³/mol. The zero-order chi connectivity index (χ0) is 21.8. The second-order valence-corrected chi connectivity index (χ2v) is 9.34. The summed E-state index contributed by atoms with van der Waals surface area (Å²) in [6, 6.07) is 0. The molecule has 30 heavy (non-hydrogen) atoms. The predicted octanol–water partition coefficient (Wildman–Crippen LogP) is 5.63. The minimum atomic E-state index is -0.402. The fraction of sp³-hybridized carbons (Fsp3) is 0.783. The van der Waals surface area contributed by atoms with E-state index in [1.54, 1.807) is 18.8 Å². The van der Waals surface area contributed by atoms with E-state index in [9.17, 15) is 9.59 Å². The van der Waals surface area contributed by atoms with Crippen LogP contribution in [-0.2, 0) is 13.6 Å². The monoisotopic (exact) mass is 436 g/mol. The van der Waals surface area contributed by atoms with E-state index in [1.165, 1.54) is 68.8 Å². The van der Waals surface area contributed by atoms with Gasteiger partial charge in [-0.05, 0) is 12.8 Å². The average molecular weight is 437 g/mol. The van der Waals surface area contributed by atoms with Crippen LogP contribution >= 0.6 is 11.8 Å². The molecule has 170 valence electrons. The molecule has 0 aliphatic heterocycles. The molecule has 0 aromatic carbocycles. The number of hydrogen-bond acceptors (Lipinski definition) is 4. The van der Waals surface area contributed by atoms with Crippen LogP contribution in [0.15, 0.2) is 14.7 Å². The minimum Gasteiger partial charge on any atom is -0.313 e. The molecule has 7 heteroatoms. The van der Waals surface area contributed by atoms with Gasteiger partial charge in [0.25, 0.3) is 5.56 Å². The summed E-state index contributed by atoms with van der Waals surface area (Å²) in [7, 11) is 1.67. The lowest BCUT2D eigenvalue weighted by atomic mass is 10.1. The van der Waals surface area contributed by atoms with Crippen LogP contribution in [0.3, 0.4) is 0 Å². The number of H-pyrrole nitrogens is 1. The first-order valence-corrected chi connectivity index (χ1v) is 12.9. The maximum absolute atomic E-state index is 12.5. The Labute approximate surface area is 184 Å². The van der Waals surface area contributed by atoms with Crippen molar-refractivity contribution >= 4 is 22.9 Å². The molecule has 0 atom stereocenters. The SMILES string of the molecule is CCCCCCCCCCn1c(SCCCCCCC)nc2c1c(=O)[nH]c(=O)n2C. The van der Waals surface area contributed by atoms with Crippen molar-refractivity contribution in [2.24, 2.45) is 7.05 Å². The van der Waals surface area contributed by atoms with Crippen molar-refractivity contribution in [2.75, 3.05) is 5.75 Å². The first kappa shape index (κ1) is 24.8. The Bertz CT molecular complexity index is 868. The maximum atomic E-state index is 12.5. The van der Waals surface area contributed by atoms with Gasteiger partial charge in [-0.2, -0.15) is 0 Å². The topological polar surface area (TPSA) is 72.7 Å². The van der Waals surface area contributed by atoms with Crippen LogP contribution in [-0.4, -0.2) is 24.9 Å². The van der Waals surface area contributed by atoms with Crippen LogP contribution in [0.5, 0.6) is 0 Å². The number of aryl methyl sites for hydroxylation is 2. The number of nitrogens with one attached hydrogen (secondary N) is 1. The quantitative estimate of drug-likeness (QED) is 0.273. The number of fused-ring (bicyclic) bond motifs is 1. The summed E-state index contributed by atoms with van der Waals surface area (Å²) in [6.07, 6.45) is 16.2. The summed E-state index contributed by atoms with van der Waals surface area (Å²) in [5.41, 5.74) is 0.306. The summed E-state index contributed by atoms with van der Waals surface area (Å²) in [6.45, 7) is 5.25. The number of unbranched alkanes of at least 4 members (excludes halogenated alkanes) is 11. The average Bonchev–Trinajstić information content (AvgIpc) is 3.10. The Morgan fingerprint density at radius 2 is 1.40 bits per heavy atom. The van der Waals surface area contributed by atoms with E-state index in [0.717, 1.165) is 36.7 Å². The summed E-state index contributed by atoms with van der Waals surface area (Å²) < 4.78 is 3.49. The fourth-order valence-corrected chi connectivity index (χ4v) is 4.83. The maximum Gasteiger partial charge on any atom is 0.329 e. The van der Waals surface area contributed by atoms with Crippen molar-refractivity contribution in [3.63, 3.8) is 0 Å². The zero-order valence-corrected chi connectivity index (χ0v) is 20.0. The van der Waals surface area contributed by atoms with Crippen molar-refractivity contribution in [1.29, 1.82) is 0 Å². The lowest BCUT2D eigenvalue weighted by molar-refractivity contribution is 0.533. The molecule has 0 unspecified atom stereocenters. The molecule has 2 aromatic rings. The normalized spacial score (nSPS) is 11.6. The highest BCUT2D eigenvalue weighted by molar-refractivity contribution is 7.99. The summed E-state index contributed by atoms with van der Waals surface area (Å²) >= 11 is 1.72. The largest absolute Gasteiger partial charge is 0.329 e. The second-order valence-electron chi connectivity index (χ2n) is 8.27. The third-order valence-electron chi connectivity index (χ3n) is 5.69. The standard InChI is InChI=1S/C23H40N4O2S/c1-4-6-8-10-11-12-13-15-17-27-19-20(26(3)22(29)25-21(19)28)24-23(27)30-18-16-14-9-7-5-2/h4-18H2,1-3H3,(H,25,28,29). The van der Waals surface area contributed by atoms with E-state index in [1.807, 2.05) is 4.57 Å². The highest BCUT2D eigenvalue weighted by Crippen LogP contribution is 2.24. The zero-order valence-electron chi connectivity index (χ0n) is 19.2. The van der Waals surface area contributed by atoms with E-state index in [-0.39, 0.29) is 5.56 Å². The molecule has 0 amide bonds. The number of imidazole rings is 1. The smallest absolute Gasteiger partial charge is 0.313 e. The van der Waals surface area contributed by atoms with Crippen LogP contribution < -0.4 is 11.2 Å². The van der Waals surface area contributed by atoms with Gasteiger partial charge in [-0.3, -0.25) is 14.3 Å². The van der Waals surface area contributed by atoms with Crippen molar-refractivity contribution < 1.29 is 0 Å². The molecular weight excluding hydrogens is 396 g/mol. The molecule has 0 fully saturated rings. The molecule has 0 bridgehead atoms.